The fourth-order valence-electron chi connectivity index (χ4n) is 4.16. The Hall–Kier alpha value is -3.17. The summed E-state index contributed by atoms with van der Waals surface area (Å²) >= 11 is 0. The molecule has 1 aromatic carbocycles. The third kappa shape index (κ3) is 3.49. The lowest BCUT2D eigenvalue weighted by Gasteiger charge is -2.47. The van der Waals surface area contributed by atoms with E-state index in [0.717, 1.165) is 12.0 Å². The number of benzene rings is 1. The van der Waals surface area contributed by atoms with Gasteiger partial charge in [-0.1, -0.05) is 30.3 Å². The molecule has 2 fully saturated rings. The van der Waals surface area contributed by atoms with Crippen LogP contribution in [0.15, 0.2) is 47.4 Å². The Kier molecular flexibility index (Phi) is 5.21. The first kappa shape index (κ1) is 19.8. The summed E-state index contributed by atoms with van der Waals surface area (Å²) in [5.41, 5.74) is 0.465. The van der Waals surface area contributed by atoms with Crippen LogP contribution in [0.1, 0.15) is 35.3 Å². The molecule has 3 aliphatic heterocycles. The molecule has 1 aromatic heterocycles. The van der Waals surface area contributed by atoms with Gasteiger partial charge in [-0.15, -0.1) is 0 Å². The number of hydrogen-bond donors (Lipinski definition) is 0. The fourth-order valence-corrected chi connectivity index (χ4v) is 4.16. The van der Waals surface area contributed by atoms with Gasteiger partial charge in [-0.05, 0) is 24.8 Å². The molecule has 0 bridgehead atoms. The van der Waals surface area contributed by atoms with Crippen LogP contribution in [0.3, 0.4) is 0 Å². The van der Waals surface area contributed by atoms with E-state index in [1.165, 1.54) is 26.8 Å². The number of carbonyl (C=O) groups is 2. The molecule has 5 rings (SSSR count). The van der Waals surface area contributed by atoms with Crippen molar-refractivity contribution in [2.45, 2.75) is 38.3 Å². The second-order valence-electron chi connectivity index (χ2n) is 7.71. The number of fused-ring (bicyclic) bond motifs is 2. The highest BCUT2D eigenvalue weighted by molar-refractivity contribution is 6.00. The summed E-state index contributed by atoms with van der Waals surface area (Å²) in [5.74, 6) is -0.784. The highest BCUT2D eigenvalue weighted by atomic mass is 16.5. The molecule has 0 radical (unpaired) electrons. The first-order chi connectivity index (χ1) is 15.1. The maximum atomic E-state index is 13.4. The number of aromatic nitrogens is 1. The molecule has 2 unspecified atom stereocenters. The molecule has 2 atom stereocenters. The van der Waals surface area contributed by atoms with E-state index in [2.05, 4.69) is 0 Å². The maximum absolute atomic E-state index is 13.4. The largest absolute Gasteiger partial charge is 0.482 e. The summed E-state index contributed by atoms with van der Waals surface area (Å²) in [6.45, 7) is 1.48. The Morgan fingerprint density at radius 3 is 2.65 bits per heavy atom. The number of ether oxygens (including phenoxy) is 3. The van der Waals surface area contributed by atoms with Gasteiger partial charge >= 0.3 is 0 Å². The van der Waals surface area contributed by atoms with E-state index in [1.54, 1.807) is 0 Å². The van der Waals surface area contributed by atoms with E-state index < -0.39 is 23.8 Å². The van der Waals surface area contributed by atoms with Crippen LogP contribution in [-0.4, -0.2) is 53.6 Å². The molecule has 9 nitrogen and oxygen atoms in total. The van der Waals surface area contributed by atoms with Crippen molar-refractivity contribution in [2.75, 3.05) is 24.8 Å². The number of pyridine rings is 1. The summed E-state index contributed by atoms with van der Waals surface area (Å²) in [6.07, 6.45) is 1.97. The van der Waals surface area contributed by atoms with Crippen molar-refractivity contribution < 1.29 is 23.8 Å². The van der Waals surface area contributed by atoms with E-state index in [1.807, 2.05) is 30.3 Å². The molecule has 9 heteroatoms. The molecule has 0 N–H and O–H groups in total. The van der Waals surface area contributed by atoms with Crippen molar-refractivity contribution in [2.24, 2.45) is 0 Å². The minimum absolute atomic E-state index is 0.0246. The van der Waals surface area contributed by atoms with Gasteiger partial charge in [-0.25, -0.2) is 4.68 Å². The van der Waals surface area contributed by atoms with Crippen LogP contribution in [-0.2, 0) is 20.9 Å². The monoisotopic (exact) mass is 425 g/mol. The van der Waals surface area contributed by atoms with E-state index in [0.29, 0.717) is 32.6 Å². The number of carbonyl (C=O) groups excluding carboxylic acids is 2. The zero-order valence-corrected chi connectivity index (χ0v) is 16.9. The fraction of sp³-hybridized carbons (Fsp3) is 0.409. The SMILES string of the molecule is O=C1c2c(OCc3ccccc3)c(=O)ccn2N(C(=O)C2CCCO2)C2OCCCN12. The maximum Gasteiger partial charge on any atom is 0.279 e. The van der Waals surface area contributed by atoms with E-state index in [-0.39, 0.29) is 24.0 Å². The van der Waals surface area contributed by atoms with Crippen molar-refractivity contribution in [1.29, 1.82) is 0 Å². The molecule has 2 saturated heterocycles. The van der Waals surface area contributed by atoms with Gasteiger partial charge in [0, 0.05) is 25.4 Å². The number of hydrogen-bond acceptors (Lipinski definition) is 6. The van der Waals surface area contributed by atoms with Crippen molar-refractivity contribution >= 4 is 11.8 Å². The molecule has 2 amide bonds. The summed E-state index contributed by atoms with van der Waals surface area (Å²) in [7, 11) is 0. The summed E-state index contributed by atoms with van der Waals surface area (Å²) in [5, 5.41) is 1.38. The lowest BCUT2D eigenvalue weighted by Crippen LogP contribution is -2.67. The van der Waals surface area contributed by atoms with Crippen molar-refractivity contribution in [3.05, 3.63) is 64.1 Å². The van der Waals surface area contributed by atoms with Gasteiger partial charge in [0.1, 0.15) is 12.7 Å². The van der Waals surface area contributed by atoms with Gasteiger partial charge in [0.25, 0.3) is 11.8 Å². The first-order valence-corrected chi connectivity index (χ1v) is 10.4. The number of nitrogens with zero attached hydrogens (tertiary/aromatic N) is 3. The predicted molar refractivity (Wildman–Crippen MR) is 109 cm³/mol. The second-order valence-corrected chi connectivity index (χ2v) is 7.71. The number of rotatable bonds is 4. The Morgan fingerprint density at radius 1 is 1.06 bits per heavy atom. The lowest BCUT2D eigenvalue weighted by molar-refractivity contribution is -0.143. The van der Waals surface area contributed by atoms with Gasteiger partial charge in [-0.3, -0.25) is 19.3 Å². The molecule has 0 saturated carbocycles. The highest BCUT2D eigenvalue weighted by Crippen LogP contribution is 2.29. The first-order valence-electron chi connectivity index (χ1n) is 10.4. The van der Waals surface area contributed by atoms with E-state index in [4.69, 9.17) is 14.2 Å². The van der Waals surface area contributed by atoms with Gasteiger partial charge in [0.15, 0.2) is 11.4 Å². The van der Waals surface area contributed by atoms with Crippen LogP contribution in [0.5, 0.6) is 5.75 Å². The van der Waals surface area contributed by atoms with Crippen molar-refractivity contribution in [3.8, 4) is 5.75 Å². The standard InChI is InChI=1S/C22H23N3O6/c26-16-9-11-24-18(19(16)31-14-15-6-2-1-3-7-15)21(28)23-10-5-13-30-22(23)25(24)20(27)17-8-4-12-29-17/h1-3,6-7,9,11,17,22H,4-5,8,10,12-14H2. The van der Waals surface area contributed by atoms with Gasteiger partial charge in [0.2, 0.25) is 11.8 Å². The quantitative estimate of drug-likeness (QED) is 0.732. The molecule has 162 valence electrons. The molecule has 4 heterocycles. The van der Waals surface area contributed by atoms with Crippen LogP contribution in [0, 0.1) is 0 Å². The predicted octanol–water partition coefficient (Wildman–Crippen LogP) is 1.23. The summed E-state index contributed by atoms with van der Waals surface area (Å²) in [6, 6.07) is 10.7. The highest BCUT2D eigenvalue weighted by Gasteiger charge is 2.46. The summed E-state index contributed by atoms with van der Waals surface area (Å²) < 4.78 is 18.6. The molecular formula is C22H23N3O6. The minimum Gasteiger partial charge on any atom is -0.482 e. The summed E-state index contributed by atoms with van der Waals surface area (Å²) in [4.78, 5) is 40.9. The van der Waals surface area contributed by atoms with Crippen LogP contribution in [0.25, 0.3) is 0 Å². The third-order valence-electron chi connectivity index (χ3n) is 5.67. The zero-order chi connectivity index (χ0) is 21.4. The molecular weight excluding hydrogens is 402 g/mol. The van der Waals surface area contributed by atoms with Crippen LogP contribution in [0.4, 0.5) is 0 Å². The van der Waals surface area contributed by atoms with Crippen molar-refractivity contribution in [1.82, 2.24) is 9.58 Å². The normalized spacial score (nSPS) is 22.8. The lowest BCUT2D eigenvalue weighted by atomic mass is 10.2. The average molecular weight is 425 g/mol. The smallest absolute Gasteiger partial charge is 0.279 e. The second kappa shape index (κ2) is 8.16. The third-order valence-corrected chi connectivity index (χ3v) is 5.67. The van der Waals surface area contributed by atoms with Gasteiger partial charge in [-0.2, -0.15) is 5.01 Å². The van der Waals surface area contributed by atoms with E-state index >= 15 is 0 Å². The Bertz CT molecular complexity index is 1050. The number of amides is 2. The molecule has 0 aliphatic carbocycles. The Labute approximate surface area is 178 Å². The Morgan fingerprint density at radius 2 is 1.87 bits per heavy atom. The average Bonchev–Trinajstić information content (AvgIpc) is 3.34. The zero-order valence-electron chi connectivity index (χ0n) is 16.9. The van der Waals surface area contributed by atoms with Crippen molar-refractivity contribution in [3.63, 3.8) is 0 Å². The minimum atomic E-state index is -0.880. The van der Waals surface area contributed by atoms with Crippen LogP contribution < -0.4 is 15.2 Å². The Balaban J connectivity index is 1.57. The van der Waals surface area contributed by atoms with Crippen LogP contribution in [0.2, 0.25) is 0 Å². The van der Waals surface area contributed by atoms with Crippen LogP contribution >= 0.6 is 0 Å². The molecule has 2 aromatic rings. The molecule has 31 heavy (non-hydrogen) atoms. The molecule has 3 aliphatic rings. The van der Waals surface area contributed by atoms with Gasteiger partial charge < -0.3 is 14.2 Å². The van der Waals surface area contributed by atoms with E-state index in [9.17, 15) is 14.4 Å². The molecule has 0 spiro atoms. The topological polar surface area (TPSA) is 90.3 Å². The van der Waals surface area contributed by atoms with Gasteiger partial charge in [0.05, 0.1) is 6.61 Å².